The smallest absolute Gasteiger partial charge is 0.320 e. The fourth-order valence-electron chi connectivity index (χ4n) is 2.33. The third kappa shape index (κ3) is 3.93. The average molecular weight is 336 g/mol. The van der Waals surface area contributed by atoms with E-state index in [1.165, 1.54) is 31.3 Å². The number of nitrogens with zero attached hydrogens (tertiary/aromatic N) is 3. The molecule has 0 aliphatic heterocycles. The minimum absolute atomic E-state index is 0.164. The summed E-state index contributed by atoms with van der Waals surface area (Å²) in [6.45, 7) is 1.66. The molecule has 0 aliphatic rings. The third-order valence-corrected chi connectivity index (χ3v) is 3.54. The number of aliphatic hydroxyl groups excluding tert-OH is 1. The predicted octanol–water partition coefficient (Wildman–Crippen LogP) is 1.71. The normalized spacial score (nSPS) is 13.3. The maximum atomic E-state index is 12.9. The molecular weight excluding hydrogens is 319 g/mol. The van der Waals surface area contributed by atoms with E-state index in [0.717, 1.165) is 10.9 Å². The highest BCUT2D eigenvalue weighted by Gasteiger charge is 2.26. The summed E-state index contributed by atoms with van der Waals surface area (Å²) in [7, 11) is 1.43. The van der Waals surface area contributed by atoms with Crippen molar-refractivity contribution in [2.24, 2.45) is 7.05 Å². The van der Waals surface area contributed by atoms with Crippen LogP contribution < -0.4 is 5.32 Å². The lowest BCUT2D eigenvalue weighted by Crippen LogP contribution is -2.35. The van der Waals surface area contributed by atoms with Gasteiger partial charge in [0.25, 0.3) is 5.91 Å². The monoisotopic (exact) mass is 336 g/mol. The predicted molar refractivity (Wildman–Crippen MR) is 82.8 cm³/mol. The molecule has 24 heavy (non-hydrogen) atoms. The maximum absolute atomic E-state index is 12.9. The van der Waals surface area contributed by atoms with Crippen LogP contribution >= 0.6 is 0 Å². The van der Waals surface area contributed by atoms with Crippen LogP contribution in [0.3, 0.4) is 0 Å². The van der Waals surface area contributed by atoms with Crippen LogP contribution in [0.1, 0.15) is 35.5 Å². The van der Waals surface area contributed by atoms with Crippen molar-refractivity contribution in [2.45, 2.75) is 25.5 Å². The third-order valence-electron chi connectivity index (χ3n) is 3.54. The molecule has 1 aromatic carbocycles. The molecule has 0 aliphatic carbocycles. The summed E-state index contributed by atoms with van der Waals surface area (Å²) in [6.07, 6.45) is 0.276. The first-order valence-corrected chi connectivity index (χ1v) is 7.20. The van der Waals surface area contributed by atoms with Gasteiger partial charge in [-0.1, -0.05) is 12.1 Å². The van der Waals surface area contributed by atoms with Gasteiger partial charge in [0.05, 0.1) is 11.0 Å². The Kier molecular flexibility index (Phi) is 5.24. The first-order valence-electron chi connectivity index (χ1n) is 7.20. The summed E-state index contributed by atoms with van der Waals surface area (Å²) in [5.74, 6) is -1.06. The number of hydrogen-bond acceptors (Lipinski definition) is 5. The highest BCUT2D eigenvalue weighted by Crippen LogP contribution is 2.20. The molecule has 0 bridgehead atoms. The van der Waals surface area contributed by atoms with Crippen LogP contribution in [-0.4, -0.2) is 31.8 Å². The Morgan fingerprint density at radius 1 is 1.46 bits per heavy atom. The zero-order valence-electron chi connectivity index (χ0n) is 13.1. The van der Waals surface area contributed by atoms with E-state index in [0.29, 0.717) is 5.56 Å². The molecule has 0 saturated carbocycles. The Labute approximate surface area is 137 Å². The molecule has 128 valence electrons. The van der Waals surface area contributed by atoms with Gasteiger partial charge < -0.3 is 10.4 Å². The molecule has 2 N–H and O–H groups in total. The van der Waals surface area contributed by atoms with E-state index in [4.69, 9.17) is 0 Å². The fraction of sp³-hybridized carbons (Fsp3) is 0.333. The summed E-state index contributed by atoms with van der Waals surface area (Å²) in [6, 6.07) is 4.93. The van der Waals surface area contributed by atoms with E-state index in [1.807, 2.05) is 0 Å². The maximum Gasteiger partial charge on any atom is 0.320 e. The minimum atomic E-state index is -0.901. The molecule has 9 heteroatoms. The van der Waals surface area contributed by atoms with E-state index >= 15 is 0 Å². The highest BCUT2D eigenvalue weighted by molar-refractivity contribution is 5.96. The van der Waals surface area contributed by atoms with Crippen molar-refractivity contribution in [1.29, 1.82) is 0 Å². The first-order chi connectivity index (χ1) is 11.3. The number of carbonyl (C=O) groups is 1. The molecule has 0 fully saturated rings. The molecule has 2 unspecified atom stereocenters. The summed E-state index contributed by atoms with van der Waals surface area (Å²) >= 11 is 0. The SMILES string of the molecule is CC(CC(O)c1ccc(F)cc1)NC(=O)c1c([N+](=O)[O-])cnn1C. The van der Waals surface area contributed by atoms with Crippen LogP contribution in [0.15, 0.2) is 30.5 Å². The van der Waals surface area contributed by atoms with E-state index < -0.39 is 28.8 Å². The van der Waals surface area contributed by atoms with Gasteiger partial charge >= 0.3 is 5.69 Å². The summed E-state index contributed by atoms with van der Waals surface area (Å²) in [5, 5.41) is 27.3. The lowest BCUT2D eigenvalue weighted by molar-refractivity contribution is -0.385. The second-order valence-electron chi connectivity index (χ2n) is 5.44. The van der Waals surface area contributed by atoms with Crippen molar-refractivity contribution in [3.05, 3.63) is 57.7 Å². The molecule has 8 nitrogen and oxygen atoms in total. The molecule has 1 amide bonds. The molecule has 2 atom stereocenters. The van der Waals surface area contributed by atoms with Gasteiger partial charge in [-0.3, -0.25) is 19.6 Å². The second kappa shape index (κ2) is 7.18. The number of aromatic nitrogens is 2. The van der Waals surface area contributed by atoms with Gasteiger partial charge in [0.1, 0.15) is 12.0 Å². The van der Waals surface area contributed by atoms with E-state index in [-0.39, 0.29) is 17.8 Å². The van der Waals surface area contributed by atoms with E-state index in [9.17, 15) is 24.4 Å². The van der Waals surface area contributed by atoms with Gasteiger partial charge in [-0.15, -0.1) is 0 Å². The summed E-state index contributed by atoms with van der Waals surface area (Å²) in [4.78, 5) is 22.5. The Hall–Kier alpha value is -2.81. The molecule has 1 heterocycles. The molecule has 0 radical (unpaired) electrons. The van der Waals surface area contributed by atoms with Crippen LogP contribution in [-0.2, 0) is 7.05 Å². The zero-order chi connectivity index (χ0) is 17.9. The molecule has 1 aromatic heterocycles. The number of carbonyl (C=O) groups excluding carboxylic acids is 1. The van der Waals surface area contributed by atoms with Gasteiger partial charge in [-0.2, -0.15) is 5.10 Å². The fourth-order valence-corrected chi connectivity index (χ4v) is 2.33. The number of benzene rings is 1. The Balaban J connectivity index is 2.03. The Bertz CT molecular complexity index is 744. The minimum Gasteiger partial charge on any atom is -0.388 e. The van der Waals surface area contributed by atoms with Crippen molar-refractivity contribution < 1.29 is 19.2 Å². The average Bonchev–Trinajstić information content (AvgIpc) is 2.89. The molecule has 2 rings (SSSR count). The second-order valence-corrected chi connectivity index (χ2v) is 5.44. The van der Waals surface area contributed by atoms with E-state index in [1.54, 1.807) is 6.92 Å². The van der Waals surface area contributed by atoms with Gasteiger partial charge in [-0.25, -0.2) is 4.39 Å². The highest BCUT2D eigenvalue weighted by atomic mass is 19.1. The van der Waals surface area contributed by atoms with Crippen LogP contribution in [0.4, 0.5) is 10.1 Å². The first kappa shape index (κ1) is 17.5. The quantitative estimate of drug-likeness (QED) is 0.616. The number of amides is 1. The topological polar surface area (TPSA) is 110 Å². The van der Waals surface area contributed by atoms with Gasteiger partial charge in [0.15, 0.2) is 0 Å². The molecule has 0 saturated heterocycles. The van der Waals surface area contributed by atoms with Crippen molar-refractivity contribution in [3.8, 4) is 0 Å². The van der Waals surface area contributed by atoms with Gasteiger partial charge in [-0.05, 0) is 31.0 Å². The number of aliphatic hydroxyl groups is 1. The number of aryl methyl sites for hydroxylation is 1. The van der Waals surface area contributed by atoms with Crippen molar-refractivity contribution in [1.82, 2.24) is 15.1 Å². The Morgan fingerprint density at radius 2 is 2.08 bits per heavy atom. The number of hydrogen-bond donors (Lipinski definition) is 2. The number of nitrogens with one attached hydrogen (secondary N) is 1. The van der Waals surface area contributed by atoms with Gasteiger partial charge in [0, 0.05) is 13.1 Å². The molecular formula is C15H17FN4O4. The molecule has 0 spiro atoms. The standard InChI is InChI=1S/C15H17FN4O4/c1-9(7-13(21)10-3-5-11(16)6-4-10)18-15(22)14-12(20(23)24)8-17-19(14)2/h3-6,8-9,13,21H,7H2,1-2H3,(H,18,22). The van der Waals surface area contributed by atoms with Crippen LogP contribution in [0.25, 0.3) is 0 Å². The number of rotatable bonds is 6. The van der Waals surface area contributed by atoms with Crippen molar-refractivity contribution in [3.63, 3.8) is 0 Å². The number of nitro groups is 1. The number of halogens is 1. The van der Waals surface area contributed by atoms with Crippen LogP contribution in [0.2, 0.25) is 0 Å². The van der Waals surface area contributed by atoms with Crippen molar-refractivity contribution >= 4 is 11.6 Å². The van der Waals surface area contributed by atoms with Gasteiger partial charge in [0.2, 0.25) is 5.69 Å². The van der Waals surface area contributed by atoms with E-state index in [2.05, 4.69) is 10.4 Å². The van der Waals surface area contributed by atoms with Crippen molar-refractivity contribution in [2.75, 3.05) is 0 Å². The largest absolute Gasteiger partial charge is 0.388 e. The molecule has 2 aromatic rings. The zero-order valence-corrected chi connectivity index (χ0v) is 13.1. The summed E-state index contributed by atoms with van der Waals surface area (Å²) in [5.41, 5.74) is -0.0339. The van der Waals surface area contributed by atoms with Crippen LogP contribution in [0, 0.1) is 15.9 Å². The Morgan fingerprint density at radius 3 is 2.67 bits per heavy atom. The lowest BCUT2D eigenvalue weighted by Gasteiger charge is -2.18. The lowest BCUT2D eigenvalue weighted by atomic mass is 10.0. The van der Waals surface area contributed by atoms with Crippen LogP contribution in [0.5, 0.6) is 0 Å². The summed E-state index contributed by atoms with van der Waals surface area (Å²) < 4.78 is 14.0.